The van der Waals surface area contributed by atoms with Gasteiger partial charge >= 0.3 is 0 Å². The fraction of sp³-hybridized carbons (Fsp3) is 0.462. The Morgan fingerprint density at radius 3 is 2.44 bits per heavy atom. The van der Waals surface area contributed by atoms with Gasteiger partial charge < -0.3 is 9.47 Å². The van der Waals surface area contributed by atoms with Crippen LogP contribution >= 0.6 is 0 Å². The van der Waals surface area contributed by atoms with Gasteiger partial charge in [-0.3, -0.25) is 4.79 Å². The Morgan fingerprint density at radius 2 is 1.88 bits per heavy atom. The van der Waals surface area contributed by atoms with Gasteiger partial charge in [-0.15, -0.1) is 0 Å². The first-order valence-corrected chi connectivity index (χ1v) is 5.55. The van der Waals surface area contributed by atoms with Gasteiger partial charge in [0.05, 0.1) is 6.61 Å². The first-order valence-electron chi connectivity index (χ1n) is 5.55. The molecule has 0 saturated heterocycles. The summed E-state index contributed by atoms with van der Waals surface area (Å²) in [6.45, 7) is 5.63. The van der Waals surface area contributed by atoms with Crippen LogP contribution in [0, 0.1) is 0 Å². The van der Waals surface area contributed by atoms with E-state index in [-0.39, 0.29) is 5.78 Å². The number of hydrogen-bond acceptors (Lipinski definition) is 3. The molecular weight excluding hydrogens is 204 g/mol. The highest BCUT2D eigenvalue weighted by molar-refractivity contribution is 5.94. The van der Waals surface area contributed by atoms with E-state index in [2.05, 4.69) is 0 Å². The van der Waals surface area contributed by atoms with Crippen LogP contribution in [0.4, 0.5) is 0 Å². The molecule has 0 fully saturated rings. The molecule has 0 heterocycles. The van der Waals surface area contributed by atoms with Crippen LogP contribution < -0.4 is 4.74 Å². The summed E-state index contributed by atoms with van der Waals surface area (Å²) in [6.07, 6.45) is 0.877. The minimum atomic E-state index is 0.0721. The van der Waals surface area contributed by atoms with E-state index in [4.69, 9.17) is 9.47 Å². The standard InChI is InChI=1S/C13H18O3/c1-3-15-9-4-10-16-13-7-5-12(6-8-13)11(2)14/h5-8H,3-4,9-10H2,1-2H3. The van der Waals surface area contributed by atoms with E-state index >= 15 is 0 Å². The lowest BCUT2D eigenvalue weighted by molar-refractivity contribution is 0.101. The SMILES string of the molecule is CCOCCCOc1ccc(C(C)=O)cc1. The number of hydrogen-bond donors (Lipinski definition) is 0. The molecule has 0 aromatic heterocycles. The largest absolute Gasteiger partial charge is 0.494 e. The van der Waals surface area contributed by atoms with Crippen molar-refractivity contribution in [2.75, 3.05) is 19.8 Å². The first kappa shape index (κ1) is 12.7. The number of ether oxygens (including phenoxy) is 2. The molecule has 0 bridgehead atoms. The highest BCUT2D eigenvalue weighted by Crippen LogP contribution is 2.12. The van der Waals surface area contributed by atoms with Crippen LogP contribution in [-0.2, 0) is 4.74 Å². The summed E-state index contributed by atoms with van der Waals surface area (Å²) in [4.78, 5) is 11.0. The van der Waals surface area contributed by atoms with E-state index in [9.17, 15) is 4.79 Å². The van der Waals surface area contributed by atoms with Crippen molar-refractivity contribution in [3.8, 4) is 5.75 Å². The van der Waals surface area contributed by atoms with Crippen LogP contribution in [0.15, 0.2) is 24.3 Å². The number of rotatable bonds is 7. The van der Waals surface area contributed by atoms with Gasteiger partial charge in [-0.25, -0.2) is 0 Å². The zero-order valence-electron chi connectivity index (χ0n) is 9.86. The maximum Gasteiger partial charge on any atom is 0.159 e. The molecule has 0 aliphatic carbocycles. The maximum atomic E-state index is 11.0. The molecule has 0 radical (unpaired) electrons. The molecule has 1 rings (SSSR count). The number of benzene rings is 1. The summed E-state index contributed by atoms with van der Waals surface area (Å²) in [7, 11) is 0. The quantitative estimate of drug-likeness (QED) is 0.525. The molecule has 0 unspecified atom stereocenters. The summed E-state index contributed by atoms with van der Waals surface area (Å²) in [6, 6.07) is 7.19. The summed E-state index contributed by atoms with van der Waals surface area (Å²) < 4.78 is 10.7. The monoisotopic (exact) mass is 222 g/mol. The molecule has 0 N–H and O–H groups in total. The lowest BCUT2D eigenvalue weighted by Crippen LogP contribution is -2.03. The second-order valence-electron chi connectivity index (χ2n) is 3.48. The molecule has 0 amide bonds. The van der Waals surface area contributed by atoms with Crippen molar-refractivity contribution in [1.82, 2.24) is 0 Å². The van der Waals surface area contributed by atoms with Crippen molar-refractivity contribution >= 4 is 5.78 Å². The van der Waals surface area contributed by atoms with Crippen molar-refractivity contribution in [1.29, 1.82) is 0 Å². The van der Waals surface area contributed by atoms with Gasteiger partial charge in [0.1, 0.15) is 5.75 Å². The van der Waals surface area contributed by atoms with Crippen LogP contribution in [0.5, 0.6) is 5.75 Å². The minimum Gasteiger partial charge on any atom is -0.494 e. The lowest BCUT2D eigenvalue weighted by Gasteiger charge is -2.06. The third-order valence-corrected chi connectivity index (χ3v) is 2.17. The van der Waals surface area contributed by atoms with Crippen LogP contribution in [0.25, 0.3) is 0 Å². The van der Waals surface area contributed by atoms with Crippen LogP contribution in [0.3, 0.4) is 0 Å². The Morgan fingerprint density at radius 1 is 1.19 bits per heavy atom. The van der Waals surface area contributed by atoms with Crippen LogP contribution in [0.2, 0.25) is 0 Å². The van der Waals surface area contributed by atoms with Gasteiger partial charge in [0, 0.05) is 25.2 Å². The highest BCUT2D eigenvalue weighted by atomic mass is 16.5. The van der Waals surface area contributed by atoms with E-state index < -0.39 is 0 Å². The van der Waals surface area contributed by atoms with Crippen molar-refractivity contribution in [2.45, 2.75) is 20.3 Å². The molecule has 3 heteroatoms. The number of Topliss-reactive ketones (excluding diaryl/α,β-unsaturated/α-hetero) is 1. The molecule has 0 saturated carbocycles. The summed E-state index contributed by atoms with van der Waals surface area (Å²) in [5, 5.41) is 0. The predicted octanol–water partition coefficient (Wildman–Crippen LogP) is 2.69. The summed E-state index contributed by atoms with van der Waals surface area (Å²) in [5.74, 6) is 0.865. The second-order valence-corrected chi connectivity index (χ2v) is 3.48. The second kappa shape index (κ2) is 7.01. The molecular formula is C13H18O3. The van der Waals surface area contributed by atoms with E-state index in [0.29, 0.717) is 12.2 Å². The first-order chi connectivity index (χ1) is 7.74. The van der Waals surface area contributed by atoms with Gasteiger partial charge in [0.25, 0.3) is 0 Å². The van der Waals surface area contributed by atoms with Crippen LogP contribution in [0.1, 0.15) is 30.6 Å². The van der Waals surface area contributed by atoms with Gasteiger partial charge in [0.2, 0.25) is 0 Å². The third-order valence-electron chi connectivity index (χ3n) is 2.17. The van der Waals surface area contributed by atoms with Crippen molar-refractivity contribution < 1.29 is 14.3 Å². The highest BCUT2D eigenvalue weighted by Gasteiger charge is 1.99. The Kier molecular flexibility index (Phi) is 5.57. The van der Waals surface area contributed by atoms with E-state index in [0.717, 1.165) is 25.4 Å². The molecule has 1 aromatic carbocycles. The molecule has 0 aliphatic heterocycles. The smallest absolute Gasteiger partial charge is 0.159 e. The van der Waals surface area contributed by atoms with Crippen LogP contribution in [-0.4, -0.2) is 25.6 Å². The molecule has 88 valence electrons. The van der Waals surface area contributed by atoms with Crippen molar-refractivity contribution in [2.24, 2.45) is 0 Å². The molecule has 3 nitrogen and oxygen atoms in total. The third kappa shape index (κ3) is 4.45. The van der Waals surface area contributed by atoms with Gasteiger partial charge in [-0.1, -0.05) is 0 Å². The fourth-order valence-electron chi connectivity index (χ4n) is 1.28. The van der Waals surface area contributed by atoms with Gasteiger partial charge in [0.15, 0.2) is 5.78 Å². The zero-order valence-corrected chi connectivity index (χ0v) is 9.86. The van der Waals surface area contributed by atoms with E-state index in [1.165, 1.54) is 0 Å². The average molecular weight is 222 g/mol. The maximum absolute atomic E-state index is 11.0. The molecule has 1 aromatic rings. The number of carbonyl (C=O) groups is 1. The Bertz CT molecular complexity index is 316. The summed E-state index contributed by atoms with van der Waals surface area (Å²) >= 11 is 0. The zero-order chi connectivity index (χ0) is 11.8. The normalized spacial score (nSPS) is 10.1. The number of ketones is 1. The Balaban J connectivity index is 2.29. The predicted molar refractivity (Wildman–Crippen MR) is 63.1 cm³/mol. The summed E-state index contributed by atoms with van der Waals surface area (Å²) in [5.41, 5.74) is 0.710. The fourth-order valence-corrected chi connectivity index (χ4v) is 1.28. The molecule has 16 heavy (non-hydrogen) atoms. The van der Waals surface area contributed by atoms with Crippen molar-refractivity contribution in [3.63, 3.8) is 0 Å². The molecule has 0 aliphatic rings. The topological polar surface area (TPSA) is 35.5 Å². The van der Waals surface area contributed by atoms with E-state index in [1.807, 2.05) is 19.1 Å². The molecule has 0 spiro atoms. The minimum absolute atomic E-state index is 0.0721. The van der Waals surface area contributed by atoms with Crippen molar-refractivity contribution in [3.05, 3.63) is 29.8 Å². The van der Waals surface area contributed by atoms with Gasteiger partial charge in [-0.2, -0.15) is 0 Å². The van der Waals surface area contributed by atoms with Gasteiger partial charge in [-0.05, 0) is 38.1 Å². The lowest BCUT2D eigenvalue weighted by atomic mass is 10.1. The Labute approximate surface area is 96.4 Å². The Hall–Kier alpha value is -1.35. The number of carbonyl (C=O) groups excluding carboxylic acids is 1. The van der Waals surface area contributed by atoms with E-state index in [1.54, 1.807) is 19.1 Å². The molecule has 0 atom stereocenters. The average Bonchev–Trinajstić information content (AvgIpc) is 2.29.